The Bertz CT molecular complexity index is 1480. The van der Waals surface area contributed by atoms with Crippen molar-refractivity contribution in [1.82, 2.24) is 19.4 Å². The van der Waals surface area contributed by atoms with Crippen LogP contribution in [0.2, 0.25) is 0 Å². The number of nitrogens with zero attached hydrogens (tertiary/aromatic N) is 4. The third-order valence-electron chi connectivity index (χ3n) is 6.92. The maximum atomic E-state index is 12.7. The number of piperidine rings is 1. The highest BCUT2D eigenvalue weighted by Crippen LogP contribution is 2.23. The number of pyridine rings is 1. The molecule has 7 nitrogen and oxygen atoms in total. The maximum Gasteiger partial charge on any atom is 0.143 e. The smallest absolute Gasteiger partial charge is 0.143 e. The number of likely N-dealkylation sites (tertiary alicyclic amines) is 1. The van der Waals surface area contributed by atoms with Gasteiger partial charge in [0.25, 0.3) is 0 Å². The molecule has 4 heterocycles. The number of benzene rings is 1. The molecule has 0 bridgehead atoms. The molecule has 0 aliphatic carbocycles. The Kier molecular flexibility index (Phi) is 8.13. The first-order valence-electron chi connectivity index (χ1n) is 13.7. The van der Waals surface area contributed by atoms with Gasteiger partial charge in [-0.05, 0) is 73.8 Å². The number of rotatable bonds is 8. The van der Waals surface area contributed by atoms with E-state index in [1.807, 2.05) is 59.3 Å². The highest BCUT2D eigenvalue weighted by atomic mass is 16.5. The van der Waals surface area contributed by atoms with E-state index in [1.165, 1.54) is 32.4 Å². The molecule has 39 heavy (non-hydrogen) atoms. The third kappa shape index (κ3) is 7.36. The van der Waals surface area contributed by atoms with Crippen molar-refractivity contribution in [2.45, 2.75) is 58.3 Å². The summed E-state index contributed by atoms with van der Waals surface area (Å²) in [5.41, 5.74) is 3.79. The van der Waals surface area contributed by atoms with Gasteiger partial charge in [0.2, 0.25) is 0 Å². The van der Waals surface area contributed by atoms with Crippen molar-refractivity contribution >= 4 is 11.4 Å². The first-order valence-corrected chi connectivity index (χ1v) is 13.7. The van der Waals surface area contributed by atoms with Gasteiger partial charge in [0.1, 0.15) is 35.2 Å². The second-order valence-corrected chi connectivity index (χ2v) is 11.3. The summed E-state index contributed by atoms with van der Waals surface area (Å²) in [7, 11) is 0. The van der Waals surface area contributed by atoms with E-state index < -0.39 is 0 Å². The summed E-state index contributed by atoms with van der Waals surface area (Å²) < 4.78 is 13.2. The molecule has 1 fully saturated rings. The molecule has 0 amide bonds. The Morgan fingerprint density at radius 3 is 2.56 bits per heavy atom. The molecule has 0 atom stereocenters. The van der Waals surface area contributed by atoms with Crippen LogP contribution in [0.1, 0.15) is 68.3 Å². The lowest BCUT2D eigenvalue weighted by Crippen LogP contribution is -2.33. The normalized spacial score (nSPS) is 14.2. The van der Waals surface area contributed by atoms with Gasteiger partial charge in [-0.3, -0.25) is 9.69 Å². The van der Waals surface area contributed by atoms with E-state index in [0.29, 0.717) is 24.4 Å². The summed E-state index contributed by atoms with van der Waals surface area (Å²) in [6.07, 6.45) is 8.32. The molecule has 3 aromatic heterocycles. The van der Waals surface area contributed by atoms with E-state index in [9.17, 15) is 4.79 Å². The van der Waals surface area contributed by atoms with Crippen molar-refractivity contribution in [3.63, 3.8) is 0 Å². The van der Waals surface area contributed by atoms with E-state index in [2.05, 4.69) is 47.7 Å². The number of carbonyl (C=O) groups is 1. The Morgan fingerprint density at radius 2 is 1.82 bits per heavy atom. The van der Waals surface area contributed by atoms with E-state index in [1.54, 1.807) is 0 Å². The van der Waals surface area contributed by atoms with Gasteiger partial charge in [-0.2, -0.15) is 0 Å². The molecule has 0 spiro atoms. The van der Waals surface area contributed by atoms with Crippen LogP contribution in [-0.2, 0) is 23.1 Å². The number of ketones is 1. The lowest BCUT2D eigenvalue weighted by atomic mass is 9.93. The topological polar surface area (TPSA) is 72.9 Å². The first kappa shape index (κ1) is 26.7. The van der Waals surface area contributed by atoms with Crippen LogP contribution >= 0.6 is 0 Å². The van der Waals surface area contributed by atoms with Gasteiger partial charge < -0.3 is 13.7 Å². The number of fused-ring (bicyclic) bond motifs is 1. The fourth-order valence-electron chi connectivity index (χ4n) is 4.68. The minimum Gasteiger partial charge on any atom is -0.492 e. The number of Topliss-reactive ketones (excluding diaryl/α,β-unsaturated/α-hetero) is 1. The van der Waals surface area contributed by atoms with Crippen molar-refractivity contribution in [2.75, 3.05) is 26.2 Å². The number of aromatic nitrogens is 3. The molecule has 5 rings (SSSR count). The Balaban J connectivity index is 1.15. The first-order chi connectivity index (χ1) is 18.8. The van der Waals surface area contributed by atoms with Crippen molar-refractivity contribution < 1.29 is 14.1 Å². The summed E-state index contributed by atoms with van der Waals surface area (Å²) in [5, 5.41) is 4.06. The molecule has 202 valence electrons. The molecular formula is C32H36N4O3. The number of ether oxygens (including phenoxy) is 1. The van der Waals surface area contributed by atoms with Gasteiger partial charge in [-0.25, -0.2) is 4.98 Å². The van der Waals surface area contributed by atoms with Gasteiger partial charge >= 0.3 is 0 Å². The summed E-state index contributed by atoms with van der Waals surface area (Å²) in [6.45, 7) is 10.2. The van der Waals surface area contributed by atoms with Crippen molar-refractivity contribution in [3.8, 4) is 17.6 Å². The van der Waals surface area contributed by atoms with Crippen LogP contribution in [0.25, 0.3) is 5.65 Å². The Morgan fingerprint density at radius 1 is 1.03 bits per heavy atom. The van der Waals surface area contributed by atoms with Crippen LogP contribution in [0.15, 0.2) is 59.4 Å². The van der Waals surface area contributed by atoms with E-state index in [-0.39, 0.29) is 17.6 Å². The summed E-state index contributed by atoms with van der Waals surface area (Å²) in [4.78, 5) is 19.8. The van der Waals surface area contributed by atoms with Crippen molar-refractivity contribution in [2.24, 2.45) is 0 Å². The minimum atomic E-state index is -0.134. The quantitative estimate of drug-likeness (QED) is 0.294. The van der Waals surface area contributed by atoms with E-state index in [4.69, 9.17) is 9.26 Å². The largest absolute Gasteiger partial charge is 0.492 e. The highest BCUT2D eigenvalue weighted by Gasteiger charge is 2.20. The van der Waals surface area contributed by atoms with Gasteiger partial charge in [-0.15, -0.1) is 0 Å². The monoisotopic (exact) mass is 524 g/mol. The summed E-state index contributed by atoms with van der Waals surface area (Å²) in [5.74, 6) is 8.06. The number of hydrogen-bond donors (Lipinski definition) is 0. The maximum absolute atomic E-state index is 12.7. The predicted molar refractivity (Wildman–Crippen MR) is 151 cm³/mol. The SMILES string of the molecule is CC(C)(C)c1cc(CC(=O)Cc2ccn3cc(C#Cc4ccc(OCCN5CCCCC5)cc4)nc3c2)no1. The molecule has 1 saturated heterocycles. The number of hydrogen-bond acceptors (Lipinski definition) is 6. The Hall–Kier alpha value is -3.89. The molecule has 0 N–H and O–H groups in total. The number of imidazole rings is 1. The molecule has 4 aromatic rings. The molecule has 1 aliphatic rings. The van der Waals surface area contributed by atoms with Gasteiger partial charge in [0.15, 0.2) is 0 Å². The zero-order valence-electron chi connectivity index (χ0n) is 23.1. The molecule has 0 unspecified atom stereocenters. The fraction of sp³-hybridized carbons (Fsp3) is 0.406. The summed E-state index contributed by atoms with van der Waals surface area (Å²) >= 11 is 0. The van der Waals surface area contributed by atoms with Gasteiger partial charge in [0.05, 0.1) is 12.1 Å². The van der Waals surface area contributed by atoms with Crippen LogP contribution in [0.5, 0.6) is 5.75 Å². The fourth-order valence-corrected chi connectivity index (χ4v) is 4.68. The van der Waals surface area contributed by atoms with E-state index >= 15 is 0 Å². The van der Waals surface area contributed by atoms with Crippen LogP contribution in [0, 0.1) is 11.8 Å². The van der Waals surface area contributed by atoms with Crippen molar-refractivity contribution in [1.29, 1.82) is 0 Å². The number of carbonyl (C=O) groups excluding carboxylic acids is 1. The van der Waals surface area contributed by atoms with Crippen LogP contribution in [0.3, 0.4) is 0 Å². The highest BCUT2D eigenvalue weighted by molar-refractivity contribution is 5.83. The molecular weight excluding hydrogens is 488 g/mol. The van der Waals surface area contributed by atoms with Crippen LogP contribution in [0.4, 0.5) is 0 Å². The minimum absolute atomic E-state index is 0.0820. The molecule has 0 radical (unpaired) electrons. The van der Waals surface area contributed by atoms with Gasteiger partial charge in [0, 0.05) is 42.4 Å². The third-order valence-corrected chi connectivity index (χ3v) is 6.92. The average Bonchev–Trinajstić information content (AvgIpc) is 3.55. The zero-order chi connectivity index (χ0) is 27.2. The molecule has 1 aromatic carbocycles. The standard InChI is InChI=1S/C32H36N4O3/c1-32(2,3)30-22-27(34-39-30)21-28(37)19-25-13-16-36-23-26(33-31(36)20-25)10-7-24-8-11-29(12-9-24)38-18-17-35-14-5-4-6-15-35/h8-9,11-13,16,20,22-23H,4-6,14-15,17-19,21H2,1-3H3. The zero-order valence-corrected chi connectivity index (χ0v) is 23.1. The molecule has 7 heteroatoms. The molecule has 1 aliphatic heterocycles. The second kappa shape index (κ2) is 11.9. The lowest BCUT2D eigenvalue weighted by molar-refractivity contribution is -0.117. The van der Waals surface area contributed by atoms with Crippen LogP contribution < -0.4 is 4.74 Å². The van der Waals surface area contributed by atoms with Gasteiger partial charge in [-0.1, -0.05) is 38.3 Å². The average molecular weight is 525 g/mol. The molecule has 0 saturated carbocycles. The summed E-state index contributed by atoms with van der Waals surface area (Å²) in [6, 6.07) is 13.6. The second-order valence-electron chi connectivity index (χ2n) is 11.3. The van der Waals surface area contributed by atoms with Crippen LogP contribution in [-0.4, -0.2) is 51.5 Å². The van der Waals surface area contributed by atoms with E-state index in [0.717, 1.165) is 34.8 Å². The lowest BCUT2D eigenvalue weighted by Gasteiger charge is -2.26. The predicted octanol–water partition coefficient (Wildman–Crippen LogP) is 5.24. The Labute approximate surface area is 230 Å². The van der Waals surface area contributed by atoms with Crippen molar-refractivity contribution in [3.05, 3.63) is 83.1 Å².